The standard InChI is InChI=1S/C14H11Cl2N3O3/c1-8-10(5-3-7-12(8)19(21)22)17-14(20)18-11-6-2-4-9(15)13(11)16/h2-7H,1H3,(H2,17,18,20). The van der Waals surface area contributed by atoms with Gasteiger partial charge in [-0.2, -0.15) is 0 Å². The maximum atomic E-state index is 12.0. The SMILES string of the molecule is Cc1c(NC(=O)Nc2cccc(Cl)c2Cl)cccc1[N+](=O)[O-]. The Morgan fingerprint density at radius 3 is 2.36 bits per heavy atom. The molecule has 0 atom stereocenters. The molecule has 0 fully saturated rings. The lowest BCUT2D eigenvalue weighted by molar-refractivity contribution is -0.385. The number of carbonyl (C=O) groups excluding carboxylic acids is 1. The first kappa shape index (κ1) is 16.1. The van der Waals surface area contributed by atoms with Gasteiger partial charge < -0.3 is 10.6 Å². The molecule has 2 N–H and O–H groups in total. The van der Waals surface area contributed by atoms with Gasteiger partial charge in [-0.15, -0.1) is 0 Å². The number of hydrogen-bond acceptors (Lipinski definition) is 3. The van der Waals surface area contributed by atoms with E-state index in [0.717, 1.165) is 0 Å². The van der Waals surface area contributed by atoms with Crippen molar-refractivity contribution in [2.75, 3.05) is 10.6 Å². The molecule has 8 heteroatoms. The van der Waals surface area contributed by atoms with Gasteiger partial charge in [0.2, 0.25) is 0 Å². The van der Waals surface area contributed by atoms with Crippen molar-refractivity contribution in [3.8, 4) is 0 Å². The molecule has 2 aromatic rings. The summed E-state index contributed by atoms with van der Waals surface area (Å²) < 4.78 is 0. The molecule has 2 rings (SSSR count). The van der Waals surface area contributed by atoms with Gasteiger partial charge in [0.25, 0.3) is 5.69 Å². The zero-order chi connectivity index (χ0) is 16.3. The second-order valence-corrected chi connectivity index (χ2v) is 5.17. The summed E-state index contributed by atoms with van der Waals surface area (Å²) >= 11 is 11.8. The second kappa shape index (κ2) is 6.64. The molecule has 0 aliphatic carbocycles. The van der Waals surface area contributed by atoms with Crippen molar-refractivity contribution in [3.63, 3.8) is 0 Å². The van der Waals surface area contributed by atoms with Crippen LogP contribution in [0.5, 0.6) is 0 Å². The Kier molecular flexibility index (Phi) is 4.85. The highest BCUT2D eigenvalue weighted by Crippen LogP contribution is 2.30. The number of halogens is 2. The molecule has 22 heavy (non-hydrogen) atoms. The summed E-state index contributed by atoms with van der Waals surface area (Å²) in [5, 5.41) is 16.5. The minimum Gasteiger partial charge on any atom is -0.307 e. The number of nitro benzene ring substituents is 1. The third-order valence-electron chi connectivity index (χ3n) is 2.95. The van der Waals surface area contributed by atoms with Gasteiger partial charge in [0.15, 0.2) is 0 Å². The zero-order valence-electron chi connectivity index (χ0n) is 11.4. The van der Waals surface area contributed by atoms with Crippen LogP contribution in [-0.2, 0) is 0 Å². The van der Waals surface area contributed by atoms with Crippen molar-refractivity contribution in [1.82, 2.24) is 0 Å². The minimum absolute atomic E-state index is 0.0708. The van der Waals surface area contributed by atoms with Gasteiger partial charge in [0.1, 0.15) is 0 Å². The highest BCUT2D eigenvalue weighted by Gasteiger charge is 2.15. The van der Waals surface area contributed by atoms with E-state index in [1.165, 1.54) is 12.1 Å². The number of nitrogens with one attached hydrogen (secondary N) is 2. The van der Waals surface area contributed by atoms with Crippen molar-refractivity contribution in [2.24, 2.45) is 0 Å². The molecule has 114 valence electrons. The van der Waals surface area contributed by atoms with Gasteiger partial charge in [0, 0.05) is 6.07 Å². The minimum atomic E-state index is -0.576. The van der Waals surface area contributed by atoms with Crippen LogP contribution in [-0.4, -0.2) is 11.0 Å². The molecule has 6 nitrogen and oxygen atoms in total. The number of benzene rings is 2. The van der Waals surface area contributed by atoms with E-state index in [0.29, 0.717) is 22.0 Å². The summed E-state index contributed by atoms with van der Waals surface area (Å²) in [6.07, 6.45) is 0. The van der Waals surface area contributed by atoms with Gasteiger partial charge >= 0.3 is 6.03 Å². The van der Waals surface area contributed by atoms with Gasteiger partial charge in [-0.05, 0) is 25.1 Å². The number of nitrogens with zero attached hydrogens (tertiary/aromatic N) is 1. The zero-order valence-corrected chi connectivity index (χ0v) is 12.9. The molecule has 0 aliphatic heterocycles. The predicted molar refractivity (Wildman–Crippen MR) is 86.9 cm³/mol. The monoisotopic (exact) mass is 339 g/mol. The molecule has 0 spiro atoms. The van der Waals surface area contributed by atoms with E-state index in [2.05, 4.69) is 10.6 Å². The summed E-state index contributed by atoms with van der Waals surface area (Å²) in [6, 6.07) is 8.68. The molecule has 0 radical (unpaired) electrons. The van der Waals surface area contributed by atoms with E-state index < -0.39 is 11.0 Å². The topological polar surface area (TPSA) is 84.3 Å². The van der Waals surface area contributed by atoms with E-state index in [9.17, 15) is 14.9 Å². The van der Waals surface area contributed by atoms with Crippen molar-refractivity contribution < 1.29 is 9.72 Å². The Morgan fingerprint density at radius 1 is 1.09 bits per heavy atom. The van der Waals surface area contributed by atoms with Crippen LogP contribution in [0.4, 0.5) is 21.9 Å². The maximum absolute atomic E-state index is 12.0. The summed E-state index contributed by atoms with van der Waals surface area (Å²) in [5.41, 5.74) is 0.970. The van der Waals surface area contributed by atoms with E-state index in [1.54, 1.807) is 31.2 Å². The highest BCUT2D eigenvalue weighted by molar-refractivity contribution is 6.44. The third kappa shape index (κ3) is 3.47. The number of hydrogen-bond donors (Lipinski definition) is 2. The Labute approximate surface area is 136 Å². The first-order valence-corrected chi connectivity index (χ1v) is 6.91. The van der Waals surface area contributed by atoms with Crippen molar-refractivity contribution in [1.29, 1.82) is 0 Å². The van der Waals surface area contributed by atoms with Crippen LogP contribution in [0.15, 0.2) is 36.4 Å². The molecular weight excluding hydrogens is 329 g/mol. The third-order valence-corrected chi connectivity index (χ3v) is 3.77. The fourth-order valence-electron chi connectivity index (χ4n) is 1.83. The second-order valence-electron chi connectivity index (χ2n) is 4.39. The lowest BCUT2D eigenvalue weighted by Gasteiger charge is -2.11. The Bertz CT molecular complexity index is 750. The number of carbonyl (C=O) groups is 1. The lowest BCUT2D eigenvalue weighted by Crippen LogP contribution is -2.20. The number of urea groups is 1. The first-order chi connectivity index (χ1) is 10.4. The van der Waals surface area contributed by atoms with E-state index in [4.69, 9.17) is 23.2 Å². The molecule has 0 unspecified atom stereocenters. The fourth-order valence-corrected chi connectivity index (χ4v) is 2.18. The summed E-state index contributed by atoms with van der Waals surface area (Å²) in [5.74, 6) is 0. The highest BCUT2D eigenvalue weighted by atomic mass is 35.5. The summed E-state index contributed by atoms with van der Waals surface area (Å²) in [6.45, 7) is 1.56. The molecule has 0 bridgehead atoms. The van der Waals surface area contributed by atoms with Crippen LogP contribution >= 0.6 is 23.2 Å². The average molecular weight is 340 g/mol. The van der Waals surface area contributed by atoms with Crippen LogP contribution < -0.4 is 10.6 Å². The number of anilines is 2. The molecule has 0 heterocycles. The van der Waals surface area contributed by atoms with Gasteiger partial charge in [-0.1, -0.05) is 35.3 Å². The van der Waals surface area contributed by atoms with Crippen LogP contribution in [0.1, 0.15) is 5.56 Å². The number of rotatable bonds is 3. The molecule has 2 aromatic carbocycles. The van der Waals surface area contributed by atoms with Crippen molar-refractivity contribution >= 4 is 46.3 Å². The van der Waals surface area contributed by atoms with Crippen LogP contribution in [0.2, 0.25) is 10.0 Å². The van der Waals surface area contributed by atoms with Gasteiger partial charge in [-0.3, -0.25) is 10.1 Å². The summed E-state index contributed by atoms with van der Waals surface area (Å²) in [4.78, 5) is 22.4. The van der Waals surface area contributed by atoms with E-state index in [-0.39, 0.29) is 10.7 Å². The molecule has 2 amide bonds. The fraction of sp³-hybridized carbons (Fsp3) is 0.0714. The van der Waals surface area contributed by atoms with Crippen molar-refractivity contribution in [3.05, 3.63) is 62.1 Å². The predicted octanol–water partition coefficient (Wildman–Crippen LogP) is 4.85. The Balaban J connectivity index is 2.18. The lowest BCUT2D eigenvalue weighted by atomic mass is 10.1. The van der Waals surface area contributed by atoms with Crippen molar-refractivity contribution in [2.45, 2.75) is 6.92 Å². The largest absolute Gasteiger partial charge is 0.323 e. The molecular formula is C14H11Cl2N3O3. The van der Waals surface area contributed by atoms with Gasteiger partial charge in [-0.25, -0.2) is 4.79 Å². The quantitative estimate of drug-likeness (QED) is 0.618. The molecule has 0 aromatic heterocycles. The van der Waals surface area contributed by atoms with Crippen LogP contribution in [0.3, 0.4) is 0 Å². The Hall–Kier alpha value is -2.31. The number of amides is 2. The molecule has 0 saturated heterocycles. The molecule has 0 saturated carbocycles. The maximum Gasteiger partial charge on any atom is 0.323 e. The summed E-state index contributed by atoms with van der Waals surface area (Å²) in [7, 11) is 0. The van der Waals surface area contributed by atoms with E-state index in [1.807, 2.05) is 0 Å². The Morgan fingerprint density at radius 2 is 1.68 bits per heavy atom. The first-order valence-electron chi connectivity index (χ1n) is 6.16. The van der Waals surface area contributed by atoms with Crippen LogP contribution in [0, 0.1) is 17.0 Å². The van der Waals surface area contributed by atoms with Crippen LogP contribution in [0.25, 0.3) is 0 Å². The average Bonchev–Trinajstić information content (AvgIpc) is 2.46. The molecule has 0 aliphatic rings. The van der Waals surface area contributed by atoms with E-state index >= 15 is 0 Å². The smallest absolute Gasteiger partial charge is 0.307 e. The normalized spacial score (nSPS) is 10.1. The number of nitro groups is 1. The van der Waals surface area contributed by atoms with Gasteiger partial charge in [0.05, 0.1) is 31.9 Å².